The number of aryl methyl sites for hydroxylation is 1. The van der Waals surface area contributed by atoms with E-state index in [0.717, 1.165) is 11.1 Å². The highest BCUT2D eigenvalue weighted by atomic mass is 16.5. The first-order valence-electron chi connectivity index (χ1n) is 6.30. The number of benzene rings is 1. The van der Waals surface area contributed by atoms with E-state index in [1.165, 1.54) is 0 Å². The van der Waals surface area contributed by atoms with Gasteiger partial charge in [0.1, 0.15) is 0 Å². The van der Waals surface area contributed by atoms with Gasteiger partial charge in [-0.3, -0.25) is 0 Å². The van der Waals surface area contributed by atoms with Gasteiger partial charge in [-0.15, -0.1) is 0 Å². The van der Waals surface area contributed by atoms with Crippen LogP contribution >= 0.6 is 0 Å². The summed E-state index contributed by atoms with van der Waals surface area (Å²) in [6.07, 6.45) is 5.19. The molecule has 4 nitrogen and oxygen atoms in total. The molecule has 0 aliphatic carbocycles. The molecule has 0 radical (unpaired) electrons. The van der Waals surface area contributed by atoms with E-state index >= 15 is 0 Å². The smallest absolute Gasteiger partial charge is 0.166 e. The summed E-state index contributed by atoms with van der Waals surface area (Å²) in [6.45, 7) is 8.54. The predicted octanol–water partition coefficient (Wildman–Crippen LogP) is 3.23. The van der Waals surface area contributed by atoms with Crippen molar-refractivity contribution in [3.8, 4) is 11.5 Å². The van der Waals surface area contributed by atoms with Gasteiger partial charge in [0.05, 0.1) is 6.33 Å². The molecule has 2 aromatic rings. The first kappa shape index (κ1) is 13.5. The molecule has 0 spiro atoms. The molecule has 0 saturated carbocycles. The van der Waals surface area contributed by atoms with Crippen molar-refractivity contribution in [2.75, 3.05) is 0 Å². The van der Waals surface area contributed by atoms with E-state index in [4.69, 9.17) is 4.74 Å². The van der Waals surface area contributed by atoms with Crippen LogP contribution in [0.4, 0.5) is 0 Å². The van der Waals surface area contributed by atoms with Crippen molar-refractivity contribution in [2.24, 2.45) is 0 Å². The lowest BCUT2D eigenvalue weighted by molar-refractivity contribution is 0.225. The summed E-state index contributed by atoms with van der Waals surface area (Å²) >= 11 is 0. The second-order valence-corrected chi connectivity index (χ2v) is 5.76. The molecule has 0 fully saturated rings. The first-order valence-corrected chi connectivity index (χ1v) is 6.30. The number of aromatic nitrogens is 2. The Hall–Kier alpha value is -1.97. The van der Waals surface area contributed by atoms with Crippen molar-refractivity contribution in [1.82, 2.24) is 9.55 Å². The van der Waals surface area contributed by atoms with Crippen LogP contribution < -0.4 is 4.74 Å². The van der Waals surface area contributed by atoms with Gasteiger partial charge >= 0.3 is 0 Å². The van der Waals surface area contributed by atoms with Crippen LogP contribution in [0.5, 0.6) is 11.5 Å². The molecule has 0 saturated heterocycles. The molecule has 19 heavy (non-hydrogen) atoms. The lowest BCUT2D eigenvalue weighted by atomic mass is 9.85. The van der Waals surface area contributed by atoms with Gasteiger partial charge in [-0.25, -0.2) is 4.98 Å². The van der Waals surface area contributed by atoms with E-state index < -0.39 is 0 Å². The zero-order valence-corrected chi connectivity index (χ0v) is 11.8. The fourth-order valence-electron chi connectivity index (χ4n) is 1.93. The zero-order chi connectivity index (χ0) is 14.0. The van der Waals surface area contributed by atoms with Gasteiger partial charge in [0, 0.05) is 18.0 Å². The van der Waals surface area contributed by atoms with Gasteiger partial charge in [0.25, 0.3) is 0 Å². The first-order chi connectivity index (χ1) is 8.88. The van der Waals surface area contributed by atoms with Crippen molar-refractivity contribution in [3.63, 3.8) is 0 Å². The van der Waals surface area contributed by atoms with E-state index in [1.54, 1.807) is 17.1 Å². The SMILES string of the molecule is Cc1cc(OCn2ccnc2)c(O)c(C(C)(C)C)c1. The lowest BCUT2D eigenvalue weighted by Crippen LogP contribution is -2.12. The standard InChI is InChI=1S/C15H20N2O2/c1-11-7-12(15(2,3)4)14(18)13(8-11)19-10-17-6-5-16-9-17/h5-9,18H,10H2,1-4H3. The monoisotopic (exact) mass is 260 g/mol. The normalized spacial score (nSPS) is 11.6. The van der Waals surface area contributed by atoms with Gasteiger partial charge in [-0.2, -0.15) is 0 Å². The Morgan fingerprint density at radius 3 is 2.63 bits per heavy atom. The molecule has 1 N–H and O–H groups in total. The minimum absolute atomic E-state index is 0.122. The third kappa shape index (κ3) is 3.08. The van der Waals surface area contributed by atoms with Crippen LogP contribution in [0.3, 0.4) is 0 Å². The maximum atomic E-state index is 10.3. The minimum Gasteiger partial charge on any atom is -0.504 e. The second kappa shape index (κ2) is 4.96. The van der Waals surface area contributed by atoms with Gasteiger partial charge in [-0.05, 0) is 24.0 Å². The van der Waals surface area contributed by atoms with Crippen LogP contribution in [0.2, 0.25) is 0 Å². The Kier molecular flexibility index (Phi) is 3.51. The summed E-state index contributed by atoms with van der Waals surface area (Å²) in [4.78, 5) is 3.95. The number of ether oxygens (including phenoxy) is 1. The number of hydrogen-bond donors (Lipinski definition) is 1. The van der Waals surface area contributed by atoms with E-state index in [9.17, 15) is 5.11 Å². The Morgan fingerprint density at radius 2 is 2.05 bits per heavy atom. The molecule has 0 aliphatic heterocycles. The number of imidazole rings is 1. The van der Waals surface area contributed by atoms with Gasteiger partial charge in [0.2, 0.25) is 0 Å². The molecule has 4 heteroatoms. The highest BCUT2D eigenvalue weighted by molar-refractivity contribution is 5.50. The molecule has 0 atom stereocenters. The van der Waals surface area contributed by atoms with E-state index in [1.807, 2.05) is 25.3 Å². The van der Waals surface area contributed by atoms with Crippen LogP contribution in [0, 0.1) is 6.92 Å². The number of rotatable bonds is 3. The maximum Gasteiger partial charge on any atom is 0.166 e. The molecular weight excluding hydrogens is 240 g/mol. The van der Waals surface area contributed by atoms with Gasteiger partial charge in [0.15, 0.2) is 18.2 Å². The van der Waals surface area contributed by atoms with E-state index in [-0.39, 0.29) is 11.2 Å². The summed E-state index contributed by atoms with van der Waals surface area (Å²) in [5.41, 5.74) is 1.85. The molecule has 1 heterocycles. The molecular formula is C15H20N2O2. The molecule has 1 aromatic carbocycles. The van der Waals surface area contributed by atoms with Crippen molar-refractivity contribution in [1.29, 1.82) is 0 Å². The molecule has 1 aromatic heterocycles. The quantitative estimate of drug-likeness (QED) is 0.921. The summed E-state index contributed by atoms with van der Waals surface area (Å²) in [6, 6.07) is 3.85. The molecule has 2 rings (SSSR count). The fraction of sp³-hybridized carbons (Fsp3) is 0.400. The number of phenols is 1. The van der Waals surface area contributed by atoms with Crippen molar-refractivity contribution < 1.29 is 9.84 Å². The van der Waals surface area contributed by atoms with Crippen molar-refractivity contribution in [3.05, 3.63) is 42.0 Å². The van der Waals surface area contributed by atoms with Crippen LogP contribution in [0.25, 0.3) is 0 Å². The number of phenolic OH excluding ortho intramolecular Hbond substituents is 1. The third-order valence-electron chi connectivity index (χ3n) is 2.96. The topological polar surface area (TPSA) is 47.3 Å². The maximum absolute atomic E-state index is 10.3. The Bertz CT molecular complexity index is 554. The average molecular weight is 260 g/mol. The Morgan fingerprint density at radius 1 is 1.32 bits per heavy atom. The summed E-state index contributed by atoms with van der Waals surface area (Å²) < 4.78 is 7.47. The van der Waals surface area contributed by atoms with Crippen LogP contribution in [-0.2, 0) is 12.1 Å². The van der Waals surface area contributed by atoms with Gasteiger partial charge < -0.3 is 14.4 Å². The highest BCUT2D eigenvalue weighted by Gasteiger charge is 2.21. The van der Waals surface area contributed by atoms with Crippen LogP contribution in [0.15, 0.2) is 30.9 Å². The highest BCUT2D eigenvalue weighted by Crippen LogP contribution is 2.38. The second-order valence-electron chi connectivity index (χ2n) is 5.76. The summed E-state index contributed by atoms with van der Waals surface area (Å²) in [5, 5.41) is 10.3. The third-order valence-corrected chi connectivity index (χ3v) is 2.96. The number of hydrogen-bond acceptors (Lipinski definition) is 3. The van der Waals surface area contributed by atoms with Crippen LogP contribution in [0.1, 0.15) is 31.9 Å². The summed E-state index contributed by atoms with van der Waals surface area (Å²) in [5.74, 6) is 0.733. The van der Waals surface area contributed by atoms with Crippen molar-refractivity contribution in [2.45, 2.75) is 39.8 Å². The van der Waals surface area contributed by atoms with E-state index in [2.05, 4.69) is 25.8 Å². The van der Waals surface area contributed by atoms with E-state index in [0.29, 0.717) is 12.5 Å². The zero-order valence-electron chi connectivity index (χ0n) is 11.8. The number of nitrogens with zero attached hydrogens (tertiary/aromatic N) is 2. The van der Waals surface area contributed by atoms with Crippen LogP contribution in [-0.4, -0.2) is 14.7 Å². The summed E-state index contributed by atoms with van der Waals surface area (Å²) in [7, 11) is 0. The molecule has 0 aliphatic rings. The average Bonchev–Trinajstić information content (AvgIpc) is 2.81. The Labute approximate surface area is 113 Å². The lowest BCUT2D eigenvalue weighted by Gasteiger charge is -2.22. The molecule has 0 unspecified atom stereocenters. The largest absolute Gasteiger partial charge is 0.504 e. The molecule has 0 bridgehead atoms. The molecule has 102 valence electrons. The Balaban J connectivity index is 2.27. The molecule has 0 amide bonds. The fourth-order valence-corrected chi connectivity index (χ4v) is 1.93. The number of aromatic hydroxyl groups is 1. The van der Waals surface area contributed by atoms with Crippen molar-refractivity contribution >= 4 is 0 Å². The predicted molar refractivity (Wildman–Crippen MR) is 74.4 cm³/mol. The van der Waals surface area contributed by atoms with Gasteiger partial charge in [-0.1, -0.05) is 26.8 Å². The minimum atomic E-state index is -0.122.